The third-order valence-electron chi connectivity index (χ3n) is 5.65. The molecule has 2 aromatic rings. The number of anilines is 1. The molecule has 2 bridgehead atoms. The molecule has 7 heteroatoms. The topological polar surface area (TPSA) is 67.6 Å². The third kappa shape index (κ3) is 2.59. The van der Waals surface area contributed by atoms with Gasteiger partial charge in [0.15, 0.2) is 0 Å². The fourth-order valence-corrected chi connectivity index (χ4v) is 4.31. The van der Waals surface area contributed by atoms with Gasteiger partial charge in [0, 0.05) is 37.5 Å². The number of nitrogens with zero attached hydrogens (tertiary/aromatic N) is 5. The molecular weight excluding hydrogens is 316 g/mol. The van der Waals surface area contributed by atoms with Gasteiger partial charge in [-0.05, 0) is 43.6 Å². The molecule has 6 rings (SSSR count). The lowest BCUT2D eigenvalue weighted by Gasteiger charge is -2.50. The lowest BCUT2D eigenvalue weighted by molar-refractivity contribution is -0.0829. The standard InChI is InChI=1S/C18H22N6O/c1-23-10-14(9-21-23)13-2-5-19-16(8-13)22-17-20-11-18(25-17)12-24-6-3-15(18)4-7-24/h2,5,8-10,15H,3-4,6-7,11-12H2,1H3,(H,19,20,22). The number of aryl methyl sites for hydroxylation is 1. The Morgan fingerprint density at radius 2 is 2.16 bits per heavy atom. The smallest absolute Gasteiger partial charge is 0.291 e. The van der Waals surface area contributed by atoms with Crippen LogP contribution in [0.5, 0.6) is 0 Å². The number of ether oxygens (including phenoxy) is 1. The zero-order valence-corrected chi connectivity index (χ0v) is 14.4. The summed E-state index contributed by atoms with van der Waals surface area (Å²) in [5.41, 5.74) is 2.01. The Balaban J connectivity index is 1.32. The summed E-state index contributed by atoms with van der Waals surface area (Å²) < 4.78 is 8.11. The minimum Gasteiger partial charge on any atom is -0.455 e. The Morgan fingerprint density at radius 3 is 2.88 bits per heavy atom. The average Bonchev–Trinajstić information content (AvgIpc) is 3.23. The van der Waals surface area contributed by atoms with Gasteiger partial charge in [0.25, 0.3) is 6.02 Å². The summed E-state index contributed by atoms with van der Waals surface area (Å²) in [4.78, 5) is 11.5. The molecule has 0 saturated carbocycles. The van der Waals surface area contributed by atoms with Crippen molar-refractivity contribution in [2.75, 3.05) is 31.5 Å². The minimum atomic E-state index is -0.125. The SMILES string of the molecule is Cn1cc(-c2ccnc(NC3=NCC4(CN5CCC4CC5)O3)c2)cn1. The van der Waals surface area contributed by atoms with Crippen molar-refractivity contribution < 1.29 is 4.74 Å². The quantitative estimate of drug-likeness (QED) is 0.903. The van der Waals surface area contributed by atoms with Crippen molar-refractivity contribution in [2.24, 2.45) is 18.0 Å². The molecule has 1 unspecified atom stereocenters. The second-order valence-electron chi connectivity index (χ2n) is 7.30. The van der Waals surface area contributed by atoms with E-state index in [-0.39, 0.29) is 5.60 Å². The van der Waals surface area contributed by atoms with Crippen LogP contribution in [0.1, 0.15) is 12.8 Å². The molecule has 1 spiro atoms. The Morgan fingerprint density at radius 1 is 1.28 bits per heavy atom. The van der Waals surface area contributed by atoms with Gasteiger partial charge in [-0.2, -0.15) is 5.10 Å². The van der Waals surface area contributed by atoms with Crippen LogP contribution in [0.4, 0.5) is 5.82 Å². The van der Waals surface area contributed by atoms with E-state index in [9.17, 15) is 0 Å². The first-order valence-electron chi connectivity index (χ1n) is 8.88. The van der Waals surface area contributed by atoms with Gasteiger partial charge in [-0.25, -0.2) is 9.98 Å². The van der Waals surface area contributed by atoms with E-state index in [2.05, 4.69) is 25.3 Å². The summed E-state index contributed by atoms with van der Waals surface area (Å²) in [5.74, 6) is 1.37. The van der Waals surface area contributed by atoms with E-state index in [0.29, 0.717) is 11.9 Å². The molecule has 3 fully saturated rings. The molecule has 0 aliphatic carbocycles. The molecular formula is C18H22N6O. The Kier molecular flexibility index (Phi) is 3.31. The highest BCUT2D eigenvalue weighted by Gasteiger charge is 2.51. The first-order chi connectivity index (χ1) is 12.2. The largest absolute Gasteiger partial charge is 0.455 e. The molecule has 25 heavy (non-hydrogen) atoms. The fraction of sp³-hybridized carbons (Fsp3) is 0.500. The van der Waals surface area contributed by atoms with Gasteiger partial charge in [-0.15, -0.1) is 0 Å². The number of aliphatic imine (C=N–C) groups is 1. The average molecular weight is 338 g/mol. The molecule has 4 aliphatic heterocycles. The Labute approximate surface area is 146 Å². The molecule has 0 aromatic carbocycles. The summed E-state index contributed by atoms with van der Waals surface area (Å²) in [7, 11) is 1.91. The summed E-state index contributed by atoms with van der Waals surface area (Å²) in [5, 5.41) is 7.49. The van der Waals surface area contributed by atoms with Crippen molar-refractivity contribution in [3.63, 3.8) is 0 Å². The molecule has 3 saturated heterocycles. The number of rotatable bonds is 2. The van der Waals surface area contributed by atoms with Crippen molar-refractivity contribution in [1.29, 1.82) is 0 Å². The second-order valence-corrected chi connectivity index (χ2v) is 7.30. The van der Waals surface area contributed by atoms with E-state index in [1.54, 1.807) is 10.9 Å². The van der Waals surface area contributed by atoms with E-state index >= 15 is 0 Å². The molecule has 2 aromatic heterocycles. The lowest BCUT2D eigenvalue weighted by Crippen LogP contribution is -2.61. The molecule has 1 atom stereocenters. The molecule has 4 aliphatic rings. The molecule has 7 nitrogen and oxygen atoms in total. The number of aromatic nitrogens is 3. The van der Waals surface area contributed by atoms with Crippen LogP contribution in [0.2, 0.25) is 0 Å². The van der Waals surface area contributed by atoms with E-state index in [1.165, 1.54) is 25.9 Å². The number of amidine groups is 1. The van der Waals surface area contributed by atoms with Gasteiger partial charge in [0.05, 0.1) is 12.7 Å². The highest BCUT2D eigenvalue weighted by molar-refractivity contribution is 5.90. The molecule has 0 amide bonds. The van der Waals surface area contributed by atoms with Gasteiger partial charge >= 0.3 is 0 Å². The van der Waals surface area contributed by atoms with E-state index < -0.39 is 0 Å². The van der Waals surface area contributed by atoms with Crippen molar-refractivity contribution in [2.45, 2.75) is 18.4 Å². The highest BCUT2D eigenvalue weighted by Crippen LogP contribution is 2.40. The number of nitrogens with one attached hydrogen (secondary N) is 1. The lowest BCUT2D eigenvalue weighted by atomic mass is 9.75. The van der Waals surface area contributed by atoms with E-state index in [1.807, 2.05) is 31.6 Å². The minimum absolute atomic E-state index is 0.125. The van der Waals surface area contributed by atoms with Crippen LogP contribution >= 0.6 is 0 Å². The van der Waals surface area contributed by atoms with Gasteiger partial charge in [0.2, 0.25) is 0 Å². The zero-order valence-electron chi connectivity index (χ0n) is 14.4. The predicted octanol–water partition coefficient (Wildman–Crippen LogP) is 1.74. The fourth-order valence-electron chi connectivity index (χ4n) is 4.31. The second kappa shape index (κ2) is 5.56. The summed E-state index contributed by atoms with van der Waals surface area (Å²) >= 11 is 0. The van der Waals surface area contributed by atoms with Crippen LogP contribution < -0.4 is 5.32 Å². The summed E-state index contributed by atoms with van der Waals surface area (Å²) in [6.45, 7) is 4.15. The monoisotopic (exact) mass is 338 g/mol. The molecule has 1 N–H and O–H groups in total. The van der Waals surface area contributed by atoms with Crippen LogP contribution in [0.15, 0.2) is 35.7 Å². The summed E-state index contributed by atoms with van der Waals surface area (Å²) in [6.07, 6.45) is 8.08. The molecule has 6 heterocycles. The first kappa shape index (κ1) is 14.9. The van der Waals surface area contributed by atoms with E-state index in [0.717, 1.165) is 30.0 Å². The van der Waals surface area contributed by atoms with Crippen LogP contribution in [0, 0.1) is 5.92 Å². The van der Waals surface area contributed by atoms with Crippen molar-refractivity contribution in [3.05, 3.63) is 30.7 Å². The first-order valence-corrected chi connectivity index (χ1v) is 8.88. The maximum Gasteiger partial charge on any atom is 0.291 e. The highest BCUT2D eigenvalue weighted by atomic mass is 16.5. The molecule has 0 radical (unpaired) electrons. The van der Waals surface area contributed by atoms with Crippen molar-refractivity contribution in [1.82, 2.24) is 19.7 Å². The van der Waals surface area contributed by atoms with Gasteiger partial charge in [-0.3, -0.25) is 14.9 Å². The molecule has 130 valence electrons. The number of hydrogen-bond acceptors (Lipinski definition) is 6. The van der Waals surface area contributed by atoms with Crippen LogP contribution in [0.3, 0.4) is 0 Å². The maximum atomic E-state index is 6.32. The van der Waals surface area contributed by atoms with Gasteiger partial charge < -0.3 is 4.74 Å². The third-order valence-corrected chi connectivity index (χ3v) is 5.65. The van der Waals surface area contributed by atoms with Crippen molar-refractivity contribution in [3.8, 4) is 11.1 Å². The number of pyridine rings is 1. The normalized spacial score (nSPS) is 30.4. The zero-order chi connectivity index (χ0) is 16.9. The predicted molar refractivity (Wildman–Crippen MR) is 95.3 cm³/mol. The van der Waals surface area contributed by atoms with E-state index in [4.69, 9.17) is 4.74 Å². The van der Waals surface area contributed by atoms with Crippen LogP contribution in [-0.2, 0) is 11.8 Å². The van der Waals surface area contributed by atoms with Crippen LogP contribution in [0.25, 0.3) is 11.1 Å². The Bertz CT molecular complexity index is 822. The van der Waals surface area contributed by atoms with Gasteiger partial charge in [0.1, 0.15) is 11.4 Å². The summed E-state index contributed by atoms with van der Waals surface area (Å²) in [6, 6.07) is 4.59. The Hall–Kier alpha value is -2.41. The van der Waals surface area contributed by atoms with Gasteiger partial charge in [-0.1, -0.05) is 0 Å². The number of piperidine rings is 3. The number of hydrogen-bond donors (Lipinski definition) is 1. The van der Waals surface area contributed by atoms with Crippen LogP contribution in [-0.4, -0.2) is 57.5 Å². The van der Waals surface area contributed by atoms with Crippen molar-refractivity contribution >= 4 is 11.8 Å². The number of fused-ring (bicyclic) bond motifs is 2. The maximum absolute atomic E-state index is 6.32.